The molecule has 6 heteroatoms. The molecule has 1 aromatic carbocycles. The fraction of sp³-hybridized carbons (Fsp3) is 0.278. The number of thioether (sulfide) groups is 1. The van der Waals surface area contributed by atoms with Gasteiger partial charge in [-0.1, -0.05) is 23.9 Å². The maximum Gasteiger partial charge on any atom is 0.262 e. The SMILES string of the molecule is Cc1ccc(C(=O)CSc2nc3ccccc3c(=O)n2C(C)C)s1. The molecule has 0 aliphatic heterocycles. The molecule has 24 heavy (non-hydrogen) atoms. The smallest absolute Gasteiger partial charge is 0.262 e. The van der Waals surface area contributed by atoms with Gasteiger partial charge in [0.2, 0.25) is 0 Å². The van der Waals surface area contributed by atoms with Gasteiger partial charge in [-0.2, -0.15) is 0 Å². The molecule has 3 aromatic rings. The van der Waals surface area contributed by atoms with Gasteiger partial charge in [0.15, 0.2) is 10.9 Å². The molecule has 2 heterocycles. The molecule has 0 atom stereocenters. The van der Waals surface area contributed by atoms with Gasteiger partial charge in [-0.3, -0.25) is 14.2 Å². The minimum atomic E-state index is -0.0579. The second-order valence-corrected chi connectivity index (χ2v) is 8.03. The van der Waals surface area contributed by atoms with Crippen molar-refractivity contribution in [2.75, 3.05) is 5.75 Å². The van der Waals surface area contributed by atoms with Gasteiger partial charge in [0.25, 0.3) is 5.56 Å². The lowest BCUT2D eigenvalue weighted by Crippen LogP contribution is -2.25. The predicted molar refractivity (Wildman–Crippen MR) is 100 cm³/mol. The highest BCUT2D eigenvalue weighted by Gasteiger charge is 2.16. The molecule has 0 amide bonds. The van der Waals surface area contributed by atoms with Crippen molar-refractivity contribution in [1.82, 2.24) is 9.55 Å². The summed E-state index contributed by atoms with van der Waals surface area (Å²) < 4.78 is 1.67. The van der Waals surface area contributed by atoms with Crippen LogP contribution in [0.2, 0.25) is 0 Å². The van der Waals surface area contributed by atoms with Crippen LogP contribution >= 0.6 is 23.1 Å². The lowest BCUT2D eigenvalue weighted by Gasteiger charge is -2.15. The highest BCUT2D eigenvalue weighted by Crippen LogP contribution is 2.23. The average molecular weight is 358 g/mol. The Morgan fingerprint density at radius 2 is 2.00 bits per heavy atom. The molecule has 2 aromatic heterocycles. The van der Waals surface area contributed by atoms with Gasteiger partial charge in [0, 0.05) is 10.9 Å². The van der Waals surface area contributed by atoms with E-state index in [2.05, 4.69) is 4.98 Å². The first-order valence-corrected chi connectivity index (χ1v) is 9.51. The second kappa shape index (κ2) is 6.91. The number of carbonyl (C=O) groups is 1. The third kappa shape index (κ3) is 3.30. The van der Waals surface area contributed by atoms with Crippen molar-refractivity contribution in [3.8, 4) is 0 Å². The number of benzene rings is 1. The summed E-state index contributed by atoms with van der Waals surface area (Å²) in [6.07, 6.45) is 0. The molecule has 0 aliphatic carbocycles. The van der Waals surface area contributed by atoms with E-state index in [0.717, 1.165) is 9.75 Å². The van der Waals surface area contributed by atoms with Crippen LogP contribution in [0.25, 0.3) is 10.9 Å². The summed E-state index contributed by atoms with van der Waals surface area (Å²) in [5.41, 5.74) is 0.610. The number of thiophene rings is 1. The average Bonchev–Trinajstić information content (AvgIpc) is 2.99. The zero-order valence-electron chi connectivity index (χ0n) is 13.8. The molecule has 0 spiro atoms. The zero-order chi connectivity index (χ0) is 17.3. The molecule has 0 radical (unpaired) electrons. The van der Waals surface area contributed by atoms with E-state index in [9.17, 15) is 9.59 Å². The Morgan fingerprint density at radius 1 is 1.25 bits per heavy atom. The normalized spacial score (nSPS) is 11.3. The molecule has 0 saturated carbocycles. The topological polar surface area (TPSA) is 52.0 Å². The molecule has 0 saturated heterocycles. The third-order valence-corrected chi connectivity index (χ3v) is 5.63. The van der Waals surface area contributed by atoms with Crippen LogP contribution in [0.5, 0.6) is 0 Å². The van der Waals surface area contributed by atoms with Crippen LogP contribution in [-0.4, -0.2) is 21.1 Å². The summed E-state index contributed by atoms with van der Waals surface area (Å²) in [6, 6.07) is 11.1. The third-order valence-electron chi connectivity index (χ3n) is 3.64. The van der Waals surface area contributed by atoms with Crippen molar-refractivity contribution in [2.24, 2.45) is 0 Å². The molecule has 0 N–H and O–H groups in total. The highest BCUT2D eigenvalue weighted by molar-refractivity contribution is 7.99. The lowest BCUT2D eigenvalue weighted by molar-refractivity contribution is 0.102. The Balaban J connectivity index is 1.95. The van der Waals surface area contributed by atoms with Crippen molar-refractivity contribution in [3.63, 3.8) is 0 Å². The lowest BCUT2D eigenvalue weighted by atomic mass is 10.2. The van der Waals surface area contributed by atoms with Crippen molar-refractivity contribution >= 4 is 39.8 Å². The molecule has 0 fully saturated rings. The summed E-state index contributed by atoms with van der Waals surface area (Å²) in [7, 11) is 0. The largest absolute Gasteiger partial charge is 0.292 e. The van der Waals surface area contributed by atoms with Crippen LogP contribution in [0.1, 0.15) is 34.4 Å². The van der Waals surface area contributed by atoms with E-state index in [1.807, 2.05) is 51.1 Å². The maximum absolute atomic E-state index is 12.7. The molecule has 4 nitrogen and oxygen atoms in total. The number of hydrogen-bond acceptors (Lipinski definition) is 5. The Hall–Kier alpha value is -1.92. The summed E-state index contributed by atoms with van der Waals surface area (Å²) >= 11 is 2.82. The summed E-state index contributed by atoms with van der Waals surface area (Å²) in [5, 5.41) is 1.20. The highest BCUT2D eigenvalue weighted by atomic mass is 32.2. The quantitative estimate of drug-likeness (QED) is 0.387. The Bertz CT molecular complexity index is 957. The van der Waals surface area contributed by atoms with Gasteiger partial charge in [0.05, 0.1) is 21.5 Å². The Kier molecular flexibility index (Phi) is 4.87. The number of carbonyl (C=O) groups excluding carboxylic acids is 1. The van der Waals surface area contributed by atoms with E-state index >= 15 is 0 Å². The minimum absolute atomic E-state index is 0.0174. The van der Waals surface area contributed by atoms with Crippen molar-refractivity contribution in [2.45, 2.75) is 32.0 Å². The number of aryl methyl sites for hydroxylation is 1. The Morgan fingerprint density at radius 3 is 2.67 bits per heavy atom. The number of hydrogen-bond donors (Lipinski definition) is 0. The van der Waals surface area contributed by atoms with Gasteiger partial charge < -0.3 is 0 Å². The first-order chi connectivity index (χ1) is 11.5. The molecule has 124 valence electrons. The van der Waals surface area contributed by atoms with Crippen LogP contribution in [0.4, 0.5) is 0 Å². The first kappa shape index (κ1) is 16.9. The van der Waals surface area contributed by atoms with E-state index in [1.54, 1.807) is 10.6 Å². The van der Waals surface area contributed by atoms with E-state index in [0.29, 0.717) is 16.1 Å². The molecular weight excluding hydrogens is 340 g/mol. The van der Waals surface area contributed by atoms with Gasteiger partial charge in [0.1, 0.15) is 0 Å². The van der Waals surface area contributed by atoms with Crippen LogP contribution in [0, 0.1) is 6.92 Å². The molecule has 0 bridgehead atoms. The predicted octanol–water partition coefficient (Wildman–Crippen LogP) is 4.32. The van der Waals surface area contributed by atoms with Crippen LogP contribution in [0.15, 0.2) is 46.3 Å². The number of para-hydroxylation sites is 1. The summed E-state index contributed by atoms with van der Waals surface area (Å²) in [5.74, 6) is 0.341. The summed E-state index contributed by atoms with van der Waals surface area (Å²) in [4.78, 5) is 31.5. The van der Waals surface area contributed by atoms with Crippen molar-refractivity contribution in [1.29, 1.82) is 0 Å². The fourth-order valence-electron chi connectivity index (χ4n) is 2.47. The van der Waals surface area contributed by atoms with Crippen molar-refractivity contribution < 1.29 is 4.79 Å². The van der Waals surface area contributed by atoms with Gasteiger partial charge in [-0.25, -0.2) is 4.98 Å². The van der Waals surface area contributed by atoms with Crippen LogP contribution in [-0.2, 0) is 0 Å². The van der Waals surface area contributed by atoms with E-state index in [-0.39, 0.29) is 23.1 Å². The molecule has 0 unspecified atom stereocenters. The van der Waals surface area contributed by atoms with Crippen molar-refractivity contribution in [3.05, 3.63) is 56.5 Å². The minimum Gasteiger partial charge on any atom is -0.292 e. The molecule has 0 aliphatic rings. The van der Waals surface area contributed by atoms with E-state index in [4.69, 9.17) is 0 Å². The number of aromatic nitrogens is 2. The van der Waals surface area contributed by atoms with Gasteiger partial charge in [-0.15, -0.1) is 11.3 Å². The standard InChI is InChI=1S/C18H18N2O2S2/c1-11(2)20-17(22)13-6-4-5-7-14(13)19-18(20)23-10-15(21)16-9-8-12(3)24-16/h4-9,11H,10H2,1-3H3. The zero-order valence-corrected chi connectivity index (χ0v) is 15.4. The monoisotopic (exact) mass is 358 g/mol. The van der Waals surface area contributed by atoms with E-state index in [1.165, 1.54) is 23.1 Å². The number of nitrogens with zero attached hydrogens (tertiary/aromatic N) is 2. The molecule has 3 rings (SSSR count). The van der Waals surface area contributed by atoms with Crippen LogP contribution < -0.4 is 5.56 Å². The van der Waals surface area contributed by atoms with Crippen LogP contribution in [0.3, 0.4) is 0 Å². The number of rotatable bonds is 5. The van der Waals surface area contributed by atoms with E-state index < -0.39 is 0 Å². The second-order valence-electron chi connectivity index (χ2n) is 5.80. The molecular formula is C18H18N2O2S2. The number of Topliss-reactive ketones (excluding diaryl/α,β-unsaturated/α-hetero) is 1. The number of ketones is 1. The first-order valence-electron chi connectivity index (χ1n) is 7.71. The maximum atomic E-state index is 12.7. The Labute approximate surface area is 148 Å². The number of fused-ring (bicyclic) bond motifs is 1. The fourth-order valence-corrected chi connectivity index (χ4v) is 4.38. The van der Waals surface area contributed by atoms with Gasteiger partial charge in [-0.05, 0) is 45.0 Å². The summed E-state index contributed by atoms with van der Waals surface area (Å²) in [6.45, 7) is 5.88. The van der Waals surface area contributed by atoms with Gasteiger partial charge >= 0.3 is 0 Å².